The number of carbonyl (C=O) groups is 2. The van der Waals surface area contributed by atoms with Crippen molar-refractivity contribution in [2.24, 2.45) is 0 Å². The van der Waals surface area contributed by atoms with Gasteiger partial charge in [-0.3, -0.25) is 9.59 Å². The SMILES string of the molecule is CCC(=O)OC(OC(=O)CC)c1c2ccccc2cc2ccccc12. The lowest BCUT2D eigenvalue weighted by Gasteiger charge is -2.21. The van der Waals surface area contributed by atoms with E-state index in [9.17, 15) is 9.59 Å². The minimum Gasteiger partial charge on any atom is -0.421 e. The molecule has 0 unspecified atom stereocenters. The molecule has 3 aromatic carbocycles. The summed E-state index contributed by atoms with van der Waals surface area (Å²) in [7, 11) is 0. The molecule has 0 amide bonds. The zero-order chi connectivity index (χ0) is 17.8. The van der Waals surface area contributed by atoms with Crippen molar-refractivity contribution in [3.63, 3.8) is 0 Å². The van der Waals surface area contributed by atoms with Crippen LogP contribution in [-0.2, 0) is 19.1 Å². The van der Waals surface area contributed by atoms with E-state index < -0.39 is 18.2 Å². The van der Waals surface area contributed by atoms with Gasteiger partial charge in [0.05, 0.1) is 0 Å². The smallest absolute Gasteiger partial charge is 0.308 e. The van der Waals surface area contributed by atoms with Crippen molar-refractivity contribution in [2.45, 2.75) is 33.0 Å². The summed E-state index contributed by atoms with van der Waals surface area (Å²) in [5, 5.41) is 3.81. The van der Waals surface area contributed by atoms with Gasteiger partial charge < -0.3 is 9.47 Å². The van der Waals surface area contributed by atoms with Crippen LogP contribution in [0.1, 0.15) is 38.5 Å². The van der Waals surface area contributed by atoms with Gasteiger partial charge in [0.1, 0.15) is 0 Å². The molecule has 0 saturated heterocycles. The highest BCUT2D eigenvalue weighted by molar-refractivity contribution is 6.02. The van der Waals surface area contributed by atoms with Crippen LogP contribution in [0.15, 0.2) is 54.6 Å². The highest BCUT2D eigenvalue weighted by Crippen LogP contribution is 2.35. The molecule has 0 bridgehead atoms. The molecule has 4 heteroatoms. The van der Waals surface area contributed by atoms with E-state index in [1.165, 1.54) is 0 Å². The summed E-state index contributed by atoms with van der Waals surface area (Å²) in [5.74, 6) is -0.822. The standard InChI is InChI=1S/C21H20O4/c1-3-18(22)24-21(25-19(23)4-2)20-16-11-7-5-9-14(16)13-15-10-6-8-12-17(15)20/h5-13,21H,3-4H2,1-2H3. The summed E-state index contributed by atoms with van der Waals surface area (Å²) in [6, 6.07) is 17.7. The molecule has 0 aliphatic rings. The van der Waals surface area contributed by atoms with Gasteiger partial charge in [-0.05, 0) is 27.6 Å². The van der Waals surface area contributed by atoms with E-state index in [0.29, 0.717) is 5.56 Å². The highest BCUT2D eigenvalue weighted by atomic mass is 16.7. The van der Waals surface area contributed by atoms with Crippen molar-refractivity contribution < 1.29 is 19.1 Å². The number of hydrogen-bond acceptors (Lipinski definition) is 4. The van der Waals surface area contributed by atoms with Crippen molar-refractivity contribution in [3.8, 4) is 0 Å². The van der Waals surface area contributed by atoms with Gasteiger partial charge in [-0.1, -0.05) is 62.4 Å². The molecule has 0 heterocycles. The molecule has 0 aromatic heterocycles. The number of hydrogen-bond donors (Lipinski definition) is 0. The van der Waals surface area contributed by atoms with E-state index in [1.807, 2.05) is 48.5 Å². The van der Waals surface area contributed by atoms with E-state index in [0.717, 1.165) is 21.5 Å². The Balaban J connectivity index is 2.25. The Kier molecular flexibility index (Phi) is 4.98. The highest BCUT2D eigenvalue weighted by Gasteiger charge is 2.24. The Hall–Kier alpha value is -2.88. The molecule has 0 spiro atoms. The summed E-state index contributed by atoms with van der Waals surface area (Å²) in [6.45, 7) is 3.42. The quantitative estimate of drug-likeness (QED) is 0.378. The molecule has 128 valence electrons. The number of esters is 2. The molecule has 0 radical (unpaired) electrons. The van der Waals surface area contributed by atoms with Crippen molar-refractivity contribution in [3.05, 3.63) is 60.2 Å². The van der Waals surface area contributed by atoms with Crippen LogP contribution in [0, 0.1) is 0 Å². The van der Waals surface area contributed by atoms with Crippen LogP contribution >= 0.6 is 0 Å². The van der Waals surface area contributed by atoms with Gasteiger partial charge in [0.25, 0.3) is 6.29 Å². The molecular formula is C21H20O4. The third kappa shape index (κ3) is 3.48. The minimum absolute atomic E-state index is 0.211. The van der Waals surface area contributed by atoms with E-state index in [4.69, 9.17) is 9.47 Å². The number of carbonyl (C=O) groups excluding carboxylic acids is 2. The van der Waals surface area contributed by atoms with Crippen molar-refractivity contribution in [1.82, 2.24) is 0 Å². The van der Waals surface area contributed by atoms with Crippen molar-refractivity contribution >= 4 is 33.5 Å². The van der Waals surface area contributed by atoms with E-state index in [1.54, 1.807) is 13.8 Å². The summed E-state index contributed by atoms with van der Waals surface area (Å²) < 4.78 is 11.0. The lowest BCUT2D eigenvalue weighted by Crippen LogP contribution is -2.18. The average Bonchev–Trinajstić information content (AvgIpc) is 2.65. The second-order valence-corrected chi connectivity index (χ2v) is 5.75. The third-order valence-electron chi connectivity index (χ3n) is 4.10. The monoisotopic (exact) mass is 336 g/mol. The number of benzene rings is 3. The zero-order valence-corrected chi connectivity index (χ0v) is 14.3. The third-order valence-corrected chi connectivity index (χ3v) is 4.10. The van der Waals surface area contributed by atoms with Crippen LogP contribution < -0.4 is 0 Å². The maximum Gasteiger partial charge on any atom is 0.308 e. The van der Waals surface area contributed by atoms with Crippen LogP contribution in [-0.4, -0.2) is 11.9 Å². The van der Waals surface area contributed by atoms with Gasteiger partial charge in [-0.2, -0.15) is 0 Å². The maximum absolute atomic E-state index is 11.9. The number of ether oxygens (including phenoxy) is 2. The fourth-order valence-electron chi connectivity index (χ4n) is 2.85. The molecular weight excluding hydrogens is 316 g/mol. The zero-order valence-electron chi connectivity index (χ0n) is 14.3. The normalized spacial score (nSPS) is 11.0. The maximum atomic E-state index is 11.9. The second-order valence-electron chi connectivity index (χ2n) is 5.75. The van der Waals surface area contributed by atoms with Gasteiger partial charge in [0.2, 0.25) is 0 Å². The van der Waals surface area contributed by atoms with E-state index in [2.05, 4.69) is 6.07 Å². The first-order valence-corrected chi connectivity index (χ1v) is 8.43. The van der Waals surface area contributed by atoms with Crippen LogP contribution in [0.25, 0.3) is 21.5 Å². The molecule has 0 atom stereocenters. The molecule has 3 rings (SSSR count). The first kappa shape index (κ1) is 17.0. The molecule has 0 saturated carbocycles. The van der Waals surface area contributed by atoms with Gasteiger partial charge in [0.15, 0.2) is 0 Å². The largest absolute Gasteiger partial charge is 0.421 e. The van der Waals surface area contributed by atoms with E-state index >= 15 is 0 Å². The topological polar surface area (TPSA) is 52.6 Å². The van der Waals surface area contributed by atoms with Crippen molar-refractivity contribution in [2.75, 3.05) is 0 Å². The molecule has 0 N–H and O–H groups in total. The van der Waals surface area contributed by atoms with Gasteiger partial charge in [0, 0.05) is 18.4 Å². The van der Waals surface area contributed by atoms with Crippen LogP contribution in [0.5, 0.6) is 0 Å². The molecule has 0 aliphatic carbocycles. The molecule has 4 nitrogen and oxygen atoms in total. The molecule has 3 aromatic rings. The van der Waals surface area contributed by atoms with Crippen LogP contribution in [0.4, 0.5) is 0 Å². The molecule has 0 fully saturated rings. The fourth-order valence-corrected chi connectivity index (χ4v) is 2.85. The average molecular weight is 336 g/mol. The number of rotatable bonds is 5. The summed E-state index contributed by atoms with van der Waals surface area (Å²) >= 11 is 0. The van der Waals surface area contributed by atoms with Gasteiger partial charge in [-0.25, -0.2) is 0 Å². The van der Waals surface area contributed by atoms with Crippen LogP contribution in [0.3, 0.4) is 0 Å². The van der Waals surface area contributed by atoms with Gasteiger partial charge >= 0.3 is 11.9 Å². The van der Waals surface area contributed by atoms with E-state index in [-0.39, 0.29) is 12.8 Å². The molecule has 0 aliphatic heterocycles. The number of fused-ring (bicyclic) bond motifs is 2. The summed E-state index contributed by atoms with van der Waals surface area (Å²) in [4.78, 5) is 23.8. The Labute approximate surface area is 146 Å². The first-order valence-electron chi connectivity index (χ1n) is 8.43. The minimum atomic E-state index is -1.06. The molecule has 25 heavy (non-hydrogen) atoms. The van der Waals surface area contributed by atoms with Gasteiger partial charge in [-0.15, -0.1) is 0 Å². The summed E-state index contributed by atoms with van der Waals surface area (Å²) in [6.07, 6.45) is -0.637. The first-order chi connectivity index (χ1) is 12.1. The fraction of sp³-hybridized carbons (Fsp3) is 0.238. The Morgan fingerprint density at radius 3 is 1.68 bits per heavy atom. The Morgan fingerprint density at radius 2 is 1.24 bits per heavy atom. The Bertz CT molecular complexity index is 857. The van der Waals surface area contributed by atoms with Crippen LogP contribution in [0.2, 0.25) is 0 Å². The predicted octanol–water partition coefficient (Wildman–Crippen LogP) is 4.90. The Morgan fingerprint density at radius 1 is 0.800 bits per heavy atom. The predicted molar refractivity (Wildman–Crippen MR) is 97.0 cm³/mol. The lowest BCUT2D eigenvalue weighted by molar-refractivity contribution is -0.188. The lowest BCUT2D eigenvalue weighted by atomic mass is 9.96. The second kappa shape index (κ2) is 7.34. The van der Waals surface area contributed by atoms with Crippen molar-refractivity contribution in [1.29, 1.82) is 0 Å². The summed E-state index contributed by atoms with van der Waals surface area (Å²) in [5.41, 5.74) is 0.706.